The monoisotopic (exact) mass is 294 g/mol. The van der Waals surface area contributed by atoms with Gasteiger partial charge in [0.2, 0.25) is 5.91 Å². The summed E-state index contributed by atoms with van der Waals surface area (Å²) in [5.74, 6) is 0.458. The highest BCUT2D eigenvalue weighted by Crippen LogP contribution is 2.19. The van der Waals surface area contributed by atoms with Crippen LogP contribution in [0.15, 0.2) is 29.2 Å². The molecule has 0 saturated carbocycles. The van der Waals surface area contributed by atoms with Gasteiger partial charge in [0.25, 0.3) is 0 Å². The Bertz CT molecular complexity index is 333. The van der Waals surface area contributed by atoms with Crippen LogP contribution in [0.3, 0.4) is 0 Å². The smallest absolute Gasteiger partial charge is 0.230 e. The highest BCUT2D eigenvalue weighted by Gasteiger charge is 2.01. The summed E-state index contributed by atoms with van der Waals surface area (Å²) < 4.78 is 0. The first-order valence-corrected chi connectivity index (χ1v) is 6.44. The first kappa shape index (κ1) is 16.6. The molecule has 0 radical (unpaired) electrons. The summed E-state index contributed by atoms with van der Waals surface area (Å²) >= 11 is 7.25. The molecule has 96 valence electrons. The van der Waals surface area contributed by atoms with E-state index in [2.05, 4.69) is 5.32 Å². The maximum Gasteiger partial charge on any atom is 0.230 e. The molecule has 0 bridgehead atoms. The molecule has 3 nitrogen and oxygen atoms in total. The first-order chi connectivity index (χ1) is 7.72. The molecule has 17 heavy (non-hydrogen) atoms. The van der Waals surface area contributed by atoms with Crippen LogP contribution in [0, 0.1) is 0 Å². The predicted molar refractivity (Wildman–Crippen MR) is 76.1 cm³/mol. The predicted octanol–water partition coefficient (Wildman–Crippen LogP) is 2.32. The molecule has 3 N–H and O–H groups in total. The quantitative estimate of drug-likeness (QED) is 0.625. The van der Waals surface area contributed by atoms with E-state index < -0.39 is 0 Å². The Hall–Kier alpha value is -0.420. The Morgan fingerprint density at radius 2 is 2.00 bits per heavy atom. The summed E-state index contributed by atoms with van der Waals surface area (Å²) in [5, 5.41) is 3.50. The summed E-state index contributed by atoms with van der Waals surface area (Å²) in [7, 11) is 0. The number of hydrogen-bond donors (Lipinski definition) is 2. The van der Waals surface area contributed by atoms with Gasteiger partial charge in [-0.1, -0.05) is 11.6 Å². The van der Waals surface area contributed by atoms with Gasteiger partial charge in [-0.3, -0.25) is 4.79 Å². The van der Waals surface area contributed by atoms with Crippen molar-refractivity contribution in [3.8, 4) is 0 Å². The maximum atomic E-state index is 11.4. The van der Waals surface area contributed by atoms with Crippen LogP contribution in [0.2, 0.25) is 5.02 Å². The van der Waals surface area contributed by atoms with Crippen LogP contribution in [0.4, 0.5) is 0 Å². The van der Waals surface area contributed by atoms with Crippen molar-refractivity contribution >= 4 is 41.7 Å². The molecule has 0 aromatic heterocycles. The zero-order valence-electron chi connectivity index (χ0n) is 9.32. The normalized spacial score (nSPS) is 9.53. The third-order valence-corrected chi connectivity index (χ3v) is 3.15. The lowest BCUT2D eigenvalue weighted by atomic mass is 10.4. The summed E-state index contributed by atoms with van der Waals surface area (Å²) in [6.07, 6.45) is 0.817. The minimum Gasteiger partial charge on any atom is -0.355 e. The van der Waals surface area contributed by atoms with Crippen molar-refractivity contribution < 1.29 is 4.79 Å². The molecular weight excluding hydrogens is 279 g/mol. The SMILES string of the molecule is Cl.NCCCNC(=O)CSc1ccc(Cl)cc1. The second kappa shape index (κ2) is 9.59. The van der Waals surface area contributed by atoms with Crippen LogP contribution < -0.4 is 11.1 Å². The van der Waals surface area contributed by atoms with Crippen LogP contribution >= 0.6 is 35.8 Å². The maximum absolute atomic E-state index is 11.4. The molecule has 0 heterocycles. The lowest BCUT2D eigenvalue weighted by molar-refractivity contribution is -0.118. The summed E-state index contributed by atoms with van der Waals surface area (Å²) in [4.78, 5) is 12.4. The van der Waals surface area contributed by atoms with E-state index in [-0.39, 0.29) is 18.3 Å². The van der Waals surface area contributed by atoms with Gasteiger partial charge in [0.15, 0.2) is 0 Å². The van der Waals surface area contributed by atoms with Crippen molar-refractivity contribution in [1.29, 1.82) is 0 Å². The van der Waals surface area contributed by atoms with Crippen molar-refractivity contribution in [3.05, 3.63) is 29.3 Å². The van der Waals surface area contributed by atoms with E-state index in [1.54, 1.807) is 0 Å². The van der Waals surface area contributed by atoms with Gasteiger partial charge in [0, 0.05) is 16.5 Å². The van der Waals surface area contributed by atoms with Gasteiger partial charge in [-0.25, -0.2) is 0 Å². The molecule has 0 aliphatic rings. The third-order valence-electron chi connectivity index (χ3n) is 1.89. The number of rotatable bonds is 6. The van der Waals surface area contributed by atoms with E-state index in [9.17, 15) is 4.79 Å². The number of benzene rings is 1. The van der Waals surface area contributed by atoms with Gasteiger partial charge in [-0.05, 0) is 37.2 Å². The van der Waals surface area contributed by atoms with Crippen LogP contribution in [0.5, 0.6) is 0 Å². The fourth-order valence-corrected chi connectivity index (χ4v) is 1.91. The topological polar surface area (TPSA) is 55.1 Å². The lowest BCUT2D eigenvalue weighted by Crippen LogP contribution is -2.27. The molecule has 0 aliphatic heterocycles. The summed E-state index contributed by atoms with van der Waals surface area (Å²) in [5.41, 5.74) is 5.32. The fraction of sp³-hybridized carbons (Fsp3) is 0.364. The molecule has 0 unspecified atom stereocenters. The first-order valence-electron chi connectivity index (χ1n) is 5.07. The number of thioether (sulfide) groups is 1. The van der Waals surface area contributed by atoms with E-state index in [1.165, 1.54) is 11.8 Å². The van der Waals surface area contributed by atoms with Gasteiger partial charge in [0.1, 0.15) is 0 Å². The van der Waals surface area contributed by atoms with Gasteiger partial charge in [-0.2, -0.15) is 0 Å². The average Bonchev–Trinajstić information content (AvgIpc) is 2.29. The van der Waals surface area contributed by atoms with Crippen molar-refractivity contribution in [2.75, 3.05) is 18.8 Å². The molecule has 1 aromatic carbocycles. The number of halogens is 2. The highest BCUT2D eigenvalue weighted by molar-refractivity contribution is 8.00. The number of nitrogens with one attached hydrogen (secondary N) is 1. The number of carbonyl (C=O) groups is 1. The van der Waals surface area contributed by atoms with E-state index in [0.717, 1.165) is 11.3 Å². The Balaban J connectivity index is 0.00000256. The van der Waals surface area contributed by atoms with Gasteiger partial charge >= 0.3 is 0 Å². The molecule has 1 rings (SSSR count). The molecule has 1 aromatic rings. The number of hydrogen-bond acceptors (Lipinski definition) is 3. The zero-order valence-corrected chi connectivity index (χ0v) is 11.7. The minimum atomic E-state index is 0. The molecule has 0 spiro atoms. The molecular formula is C11H16Cl2N2OS. The zero-order chi connectivity index (χ0) is 11.8. The van der Waals surface area contributed by atoms with Gasteiger partial charge < -0.3 is 11.1 Å². The van der Waals surface area contributed by atoms with Crippen molar-refractivity contribution in [1.82, 2.24) is 5.32 Å². The minimum absolute atomic E-state index is 0. The fourth-order valence-electron chi connectivity index (χ4n) is 1.06. The number of carbonyl (C=O) groups excluding carboxylic acids is 1. The molecule has 1 amide bonds. The number of amides is 1. The standard InChI is InChI=1S/C11H15ClN2OS.ClH/c12-9-2-4-10(5-3-9)16-8-11(15)14-7-1-6-13;/h2-5H,1,6-8,13H2,(H,14,15);1H. The van der Waals surface area contributed by atoms with Crippen molar-refractivity contribution in [3.63, 3.8) is 0 Å². The van der Waals surface area contributed by atoms with Crippen LogP contribution in [-0.2, 0) is 4.79 Å². The van der Waals surface area contributed by atoms with Crippen molar-refractivity contribution in [2.45, 2.75) is 11.3 Å². The Morgan fingerprint density at radius 1 is 1.35 bits per heavy atom. The highest BCUT2D eigenvalue weighted by atomic mass is 35.5. The van der Waals surface area contributed by atoms with Crippen LogP contribution in [0.25, 0.3) is 0 Å². The molecule has 6 heteroatoms. The van der Waals surface area contributed by atoms with Crippen LogP contribution in [-0.4, -0.2) is 24.7 Å². The van der Waals surface area contributed by atoms with E-state index in [0.29, 0.717) is 23.9 Å². The molecule has 0 atom stereocenters. The lowest BCUT2D eigenvalue weighted by Gasteiger charge is -2.04. The second-order valence-electron chi connectivity index (χ2n) is 3.23. The summed E-state index contributed by atoms with van der Waals surface area (Å²) in [6, 6.07) is 7.44. The third kappa shape index (κ3) is 7.49. The molecule has 0 aliphatic carbocycles. The molecule has 0 fully saturated rings. The Kier molecular flexibility index (Phi) is 9.36. The van der Waals surface area contributed by atoms with Crippen LogP contribution in [0.1, 0.15) is 6.42 Å². The van der Waals surface area contributed by atoms with Gasteiger partial charge in [-0.15, -0.1) is 24.2 Å². The Labute approximate surface area is 117 Å². The van der Waals surface area contributed by atoms with Gasteiger partial charge in [0.05, 0.1) is 5.75 Å². The largest absolute Gasteiger partial charge is 0.355 e. The summed E-state index contributed by atoms with van der Waals surface area (Å²) in [6.45, 7) is 1.25. The van der Waals surface area contributed by atoms with E-state index in [4.69, 9.17) is 17.3 Å². The second-order valence-corrected chi connectivity index (χ2v) is 4.72. The molecule has 0 saturated heterocycles. The average molecular weight is 295 g/mol. The number of nitrogens with two attached hydrogens (primary N) is 1. The van der Waals surface area contributed by atoms with E-state index >= 15 is 0 Å². The Morgan fingerprint density at radius 3 is 2.59 bits per heavy atom. The van der Waals surface area contributed by atoms with Crippen molar-refractivity contribution in [2.24, 2.45) is 5.73 Å². The van der Waals surface area contributed by atoms with E-state index in [1.807, 2.05) is 24.3 Å².